The summed E-state index contributed by atoms with van der Waals surface area (Å²) < 4.78 is 0. The normalized spacial score (nSPS) is 15.3. The number of hydrogen-bond acceptors (Lipinski definition) is 4. The first-order valence-corrected chi connectivity index (χ1v) is 10.4. The first-order chi connectivity index (χ1) is 14.2. The van der Waals surface area contributed by atoms with Crippen molar-refractivity contribution in [1.29, 1.82) is 0 Å². The van der Waals surface area contributed by atoms with Crippen molar-refractivity contribution in [2.75, 3.05) is 4.90 Å². The van der Waals surface area contributed by atoms with Crippen LogP contribution >= 0.6 is 11.8 Å². The van der Waals surface area contributed by atoms with Gasteiger partial charge >= 0.3 is 0 Å². The van der Waals surface area contributed by atoms with Gasteiger partial charge in [0.05, 0.1) is 11.3 Å². The van der Waals surface area contributed by atoms with Crippen molar-refractivity contribution in [2.45, 2.75) is 35.3 Å². The summed E-state index contributed by atoms with van der Waals surface area (Å²) in [4.78, 5) is 33.0. The van der Waals surface area contributed by atoms with E-state index < -0.39 is 0 Å². The number of fused-ring (bicyclic) bond motifs is 2. The lowest BCUT2D eigenvalue weighted by Crippen LogP contribution is -2.33. The molecule has 0 spiro atoms. The van der Waals surface area contributed by atoms with Gasteiger partial charge in [0.1, 0.15) is 5.03 Å². The average molecular weight is 401 g/mol. The Morgan fingerprint density at radius 3 is 2.72 bits per heavy atom. The topological polar surface area (TPSA) is 62.3 Å². The SMILES string of the molecule is O=C(NCc1ccccc1)c1ccc2c(c1)Sc1ncccc1C(=O)N2C1CC1. The van der Waals surface area contributed by atoms with Crippen molar-refractivity contribution in [3.05, 3.63) is 83.6 Å². The summed E-state index contributed by atoms with van der Waals surface area (Å²) in [6.07, 6.45) is 3.71. The highest BCUT2D eigenvalue weighted by atomic mass is 32.2. The van der Waals surface area contributed by atoms with E-state index in [-0.39, 0.29) is 17.9 Å². The molecule has 29 heavy (non-hydrogen) atoms. The van der Waals surface area contributed by atoms with Gasteiger partial charge < -0.3 is 10.2 Å². The van der Waals surface area contributed by atoms with Gasteiger partial charge in [0.2, 0.25) is 0 Å². The lowest BCUT2D eigenvalue weighted by molar-refractivity contribution is 0.0949. The number of rotatable bonds is 4. The molecule has 1 saturated carbocycles. The Kier molecular flexibility index (Phi) is 4.56. The Balaban J connectivity index is 1.46. The molecule has 1 fully saturated rings. The van der Waals surface area contributed by atoms with E-state index in [0.717, 1.165) is 29.0 Å². The minimum Gasteiger partial charge on any atom is -0.348 e. The molecule has 0 radical (unpaired) electrons. The maximum atomic E-state index is 13.2. The second kappa shape index (κ2) is 7.37. The number of benzene rings is 2. The van der Waals surface area contributed by atoms with Crippen LogP contribution in [0.5, 0.6) is 0 Å². The van der Waals surface area contributed by atoms with Crippen LogP contribution in [0.1, 0.15) is 39.1 Å². The summed E-state index contributed by atoms with van der Waals surface area (Å²) in [6.45, 7) is 0.473. The number of aromatic nitrogens is 1. The third kappa shape index (κ3) is 3.51. The molecule has 0 bridgehead atoms. The number of carbonyl (C=O) groups excluding carboxylic acids is 2. The standard InChI is InChI=1S/C23H19N3O2S/c27-21(25-14-15-5-2-1-3-6-15)16-8-11-19-20(13-16)29-22-18(7-4-12-24-22)23(28)26(19)17-9-10-17/h1-8,11-13,17H,9-10,14H2,(H,25,27). The smallest absolute Gasteiger partial charge is 0.261 e. The molecule has 1 aliphatic heterocycles. The fourth-order valence-corrected chi connectivity index (χ4v) is 4.53. The molecule has 2 amide bonds. The number of anilines is 1. The lowest BCUT2D eigenvalue weighted by atomic mass is 10.1. The van der Waals surface area contributed by atoms with Crippen molar-refractivity contribution in [3.8, 4) is 0 Å². The summed E-state index contributed by atoms with van der Waals surface area (Å²) in [6, 6.07) is 19.2. The summed E-state index contributed by atoms with van der Waals surface area (Å²) >= 11 is 1.45. The highest BCUT2D eigenvalue weighted by Crippen LogP contribution is 2.44. The summed E-state index contributed by atoms with van der Waals surface area (Å²) in [7, 11) is 0. The fraction of sp³-hybridized carbons (Fsp3) is 0.174. The average Bonchev–Trinajstić information content (AvgIpc) is 3.59. The zero-order valence-electron chi connectivity index (χ0n) is 15.7. The van der Waals surface area contributed by atoms with E-state index in [9.17, 15) is 9.59 Å². The van der Waals surface area contributed by atoms with Crippen molar-refractivity contribution < 1.29 is 9.59 Å². The van der Waals surface area contributed by atoms with Gasteiger partial charge in [-0.1, -0.05) is 42.1 Å². The fourth-order valence-electron chi connectivity index (χ4n) is 3.49. The van der Waals surface area contributed by atoms with E-state index >= 15 is 0 Å². The molecule has 1 aromatic heterocycles. The van der Waals surface area contributed by atoms with Crippen LogP contribution in [-0.2, 0) is 6.54 Å². The van der Waals surface area contributed by atoms with Crippen LogP contribution in [0.2, 0.25) is 0 Å². The molecule has 1 N–H and O–H groups in total. The largest absolute Gasteiger partial charge is 0.348 e. The second-order valence-corrected chi connectivity index (χ2v) is 8.25. The molecule has 2 heterocycles. The van der Waals surface area contributed by atoms with Crippen LogP contribution in [0.15, 0.2) is 76.8 Å². The number of carbonyl (C=O) groups is 2. The van der Waals surface area contributed by atoms with E-state index in [1.807, 2.05) is 53.4 Å². The molecule has 0 saturated heterocycles. The third-order valence-corrected chi connectivity index (χ3v) is 6.18. The van der Waals surface area contributed by atoms with Gasteiger partial charge in [0.25, 0.3) is 11.8 Å². The number of nitrogens with one attached hydrogen (secondary N) is 1. The molecule has 2 aliphatic rings. The van der Waals surface area contributed by atoms with E-state index in [1.165, 1.54) is 11.8 Å². The lowest BCUT2D eigenvalue weighted by Gasteiger charge is -2.22. The molecule has 5 rings (SSSR count). The number of nitrogens with zero attached hydrogens (tertiary/aromatic N) is 2. The van der Waals surface area contributed by atoms with Gasteiger partial charge in [-0.15, -0.1) is 0 Å². The molecule has 144 valence electrons. The highest BCUT2D eigenvalue weighted by molar-refractivity contribution is 7.99. The van der Waals surface area contributed by atoms with Crippen molar-refractivity contribution >= 4 is 29.3 Å². The zero-order valence-corrected chi connectivity index (χ0v) is 16.5. The van der Waals surface area contributed by atoms with E-state index in [0.29, 0.717) is 22.7 Å². The van der Waals surface area contributed by atoms with Crippen LogP contribution in [0.25, 0.3) is 0 Å². The van der Waals surface area contributed by atoms with Crippen molar-refractivity contribution in [3.63, 3.8) is 0 Å². The summed E-state index contributed by atoms with van der Waals surface area (Å²) in [5.74, 6) is -0.143. The number of hydrogen-bond donors (Lipinski definition) is 1. The first-order valence-electron chi connectivity index (χ1n) is 9.63. The van der Waals surface area contributed by atoms with Crippen molar-refractivity contribution in [1.82, 2.24) is 10.3 Å². The first kappa shape index (κ1) is 17.9. The monoisotopic (exact) mass is 401 g/mol. The molecule has 6 heteroatoms. The second-order valence-electron chi connectivity index (χ2n) is 7.22. The van der Waals surface area contributed by atoms with Crippen LogP contribution < -0.4 is 10.2 Å². The minimum atomic E-state index is -0.132. The minimum absolute atomic E-state index is 0.0110. The maximum Gasteiger partial charge on any atom is 0.261 e. The molecule has 3 aromatic rings. The van der Waals surface area contributed by atoms with Crippen LogP contribution in [0.4, 0.5) is 5.69 Å². The molecule has 0 unspecified atom stereocenters. The van der Waals surface area contributed by atoms with Crippen LogP contribution in [0.3, 0.4) is 0 Å². The van der Waals surface area contributed by atoms with E-state index in [1.54, 1.807) is 18.3 Å². The molecule has 0 atom stereocenters. The molecular formula is C23H19N3O2S. The number of pyridine rings is 1. The Morgan fingerprint density at radius 1 is 1.10 bits per heavy atom. The maximum absolute atomic E-state index is 13.2. The van der Waals surface area contributed by atoms with Gasteiger partial charge in [-0.25, -0.2) is 4.98 Å². The zero-order chi connectivity index (χ0) is 19.8. The molecule has 2 aromatic carbocycles. The quantitative estimate of drug-likeness (QED) is 0.709. The van der Waals surface area contributed by atoms with Crippen LogP contribution in [-0.4, -0.2) is 22.8 Å². The predicted octanol–water partition coefficient (Wildman–Crippen LogP) is 4.29. The van der Waals surface area contributed by atoms with E-state index in [2.05, 4.69) is 10.3 Å². The summed E-state index contributed by atoms with van der Waals surface area (Å²) in [5.41, 5.74) is 3.11. The Labute approximate surface area is 173 Å². The Morgan fingerprint density at radius 2 is 1.93 bits per heavy atom. The molecule has 1 aliphatic carbocycles. The predicted molar refractivity (Wildman–Crippen MR) is 112 cm³/mol. The Hall–Kier alpha value is -3.12. The Bertz CT molecular complexity index is 1100. The van der Waals surface area contributed by atoms with Crippen LogP contribution in [0, 0.1) is 0 Å². The van der Waals surface area contributed by atoms with Gasteiger partial charge in [0.15, 0.2) is 0 Å². The molecule has 5 nitrogen and oxygen atoms in total. The van der Waals surface area contributed by atoms with Gasteiger partial charge in [-0.05, 0) is 48.7 Å². The molecular weight excluding hydrogens is 382 g/mol. The van der Waals surface area contributed by atoms with Gasteiger partial charge in [-0.2, -0.15) is 0 Å². The number of amides is 2. The third-order valence-electron chi connectivity index (χ3n) is 5.12. The van der Waals surface area contributed by atoms with Gasteiger partial charge in [0, 0.05) is 29.2 Å². The summed E-state index contributed by atoms with van der Waals surface area (Å²) in [5, 5.41) is 3.65. The highest BCUT2D eigenvalue weighted by Gasteiger charge is 2.38. The van der Waals surface area contributed by atoms with Crippen molar-refractivity contribution in [2.24, 2.45) is 0 Å². The van der Waals surface area contributed by atoms with Gasteiger partial charge in [-0.3, -0.25) is 9.59 Å². The van der Waals surface area contributed by atoms with E-state index in [4.69, 9.17) is 0 Å².